The third-order valence-corrected chi connectivity index (χ3v) is 5.83. The van der Waals surface area contributed by atoms with Gasteiger partial charge in [0.15, 0.2) is 0 Å². The lowest BCUT2D eigenvalue weighted by Crippen LogP contribution is -2.50. The molecule has 170 valence electrons. The van der Waals surface area contributed by atoms with Gasteiger partial charge in [-0.3, -0.25) is 0 Å². The summed E-state index contributed by atoms with van der Waals surface area (Å²) in [4.78, 5) is 17.5. The summed E-state index contributed by atoms with van der Waals surface area (Å²) in [5.74, 6) is 0. The highest BCUT2D eigenvalue weighted by atomic mass is 32.2. The van der Waals surface area contributed by atoms with E-state index in [0.717, 1.165) is 22.7 Å². The first-order chi connectivity index (χ1) is 15.0. The fourth-order valence-electron chi connectivity index (χ4n) is 3.22. The van der Waals surface area contributed by atoms with Crippen molar-refractivity contribution in [3.05, 3.63) is 53.6 Å². The van der Waals surface area contributed by atoms with Gasteiger partial charge in [-0.25, -0.2) is 4.79 Å². The Kier molecular flexibility index (Phi) is 6.94. The summed E-state index contributed by atoms with van der Waals surface area (Å²) in [5.41, 5.74) is 0.0757. The summed E-state index contributed by atoms with van der Waals surface area (Å²) >= 11 is 1.31. The van der Waals surface area contributed by atoms with Crippen LogP contribution in [0.1, 0.15) is 31.9 Å². The number of nitrogens with zero attached hydrogens (tertiary/aromatic N) is 3. The van der Waals surface area contributed by atoms with E-state index in [1.54, 1.807) is 17.0 Å². The van der Waals surface area contributed by atoms with Crippen molar-refractivity contribution < 1.29 is 22.7 Å². The number of piperazine rings is 1. The maximum Gasteiger partial charge on any atom is 0.416 e. The average Bonchev–Trinajstić information content (AvgIpc) is 2.72. The van der Waals surface area contributed by atoms with Gasteiger partial charge >= 0.3 is 12.3 Å². The van der Waals surface area contributed by atoms with Gasteiger partial charge in [0.1, 0.15) is 5.60 Å². The van der Waals surface area contributed by atoms with Crippen molar-refractivity contribution >= 4 is 23.5 Å². The zero-order valence-electron chi connectivity index (χ0n) is 18.1. The molecule has 0 aromatic heterocycles. The minimum Gasteiger partial charge on any atom is -0.444 e. The fourth-order valence-corrected chi connectivity index (χ4v) is 4.24. The summed E-state index contributed by atoms with van der Waals surface area (Å²) in [6.07, 6.45) is -4.74. The second-order valence-electron chi connectivity index (χ2n) is 8.37. The van der Waals surface area contributed by atoms with Crippen molar-refractivity contribution in [2.45, 2.75) is 42.3 Å². The van der Waals surface area contributed by atoms with Gasteiger partial charge in [-0.05, 0) is 63.2 Å². The van der Waals surface area contributed by atoms with E-state index in [4.69, 9.17) is 4.74 Å². The highest BCUT2D eigenvalue weighted by Crippen LogP contribution is 2.38. The van der Waals surface area contributed by atoms with Crippen LogP contribution in [-0.2, 0) is 10.9 Å². The van der Waals surface area contributed by atoms with Gasteiger partial charge in [0.05, 0.1) is 22.9 Å². The van der Waals surface area contributed by atoms with E-state index in [-0.39, 0.29) is 6.09 Å². The lowest BCUT2D eigenvalue weighted by molar-refractivity contribution is -0.137. The number of rotatable bonds is 3. The molecular formula is C23H24F3N3O2S. The minimum atomic E-state index is -4.39. The third-order valence-electron chi connectivity index (χ3n) is 4.77. The van der Waals surface area contributed by atoms with Crippen molar-refractivity contribution in [2.75, 3.05) is 31.1 Å². The molecule has 0 aliphatic carbocycles. The maximum atomic E-state index is 12.8. The van der Waals surface area contributed by atoms with Crippen LogP contribution in [0.2, 0.25) is 0 Å². The highest BCUT2D eigenvalue weighted by molar-refractivity contribution is 7.99. The number of hydrogen-bond acceptors (Lipinski definition) is 5. The van der Waals surface area contributed by atoms with E-state index in [1.165, 1.54) is 23.9 Å². The number of benzene rings is 2. The van der Waals surface area contributed by atoms with Crippen LogP contribution in [-0.4, -0.2) is 42.8 Å². The Balaban J connectivity index is 1.76. The molecule has 1 fully saturated rings. The van der Waals surface area contributed by atoms with Gasteiger partial charge in [-0.15, -0.1) is 0 Å². The number of carbonyl (C=O) groups excluding carboxylic acids is 1. The Morgan fingerprint density at radius 3 is 2.19 bits per heavy atom. The standard InChI is InChI=1S/C23H24F3N3O2S/c1-22(2,3)31-21(30)29-12-10-28(11-13-29)19-9-4-16(15-27)14-20(19)32-18-7-5-17(6-8-18)23(24,25)26/h4-9,14H,10-13H2,1-3H3. The van der Waals surface area contributed by atoms with Gasteiger partial charge in [0, 0.05) is 36.0 Å². The Hall–Kier alpha value is -2.86. The first-order valence-electron chi connectivity index (χ1n) is 10.1. The largest absolute Gasteiger partial charge is 0.444 e. The van der Waals surface area contributed by atoms with Crippen molar-refractivity contribution in [3.63, 3.8) is 0 Å². The Bertz CT molecular complexity index is 1000. The molecule has 1 amide bonds. The number of amides is 1. The van der Waals surface area contributed by atoms with Gasteiger partial charge in [-0.1, -0.05) is 11.8 Å². The minimum absolute atomic E-state index is 0.351. The average molecular weight is 464 g/mol. The molecule has 0 spiro atoms. The predicted octanol–water partition coefficient (Wildman–Crippen LogP) is 5.79. The van der Waals surface area contributed by atoms with E-state index in [0.29, 0.717) is 36.6 Å². The number of anilines is 1. The molecule has 5 nitrogen and oxygen atoms in total. The number of ether oxygens (including phenoxy) is 1. The summed E-state index contributed by atoms with van der Waals surface area (Å²) < 4.78 is 44.0. The number of alkyl halides is 3. The molecule has 1 heterocycles. The molecular weight excluding hydrogens is 439 g/mol. The molecule has 1 saturated heterocycles. The van der Waals surface area contributed by atoms with Crippen LogP contribution in [0.5, 0.6) is 0 Å². The first-order valence-corrected chi connectivity index (χ1v) is 10.9. The molecule has 32 heavy (non-hydrogen) atoms. The van der Waals surface area contributed by atoms with Crippen LogP contribution in [0.3, 0.4) is 0 Å². The summed E-state index contributed by atoms with van der Waals surface area (Å²) in [6, 6.07) is 12.4. The smallest absolute Gasteiger partial charge is 0.416 e. The summed E-state index contributed by atoms with van der Waals surface area (Å²) in [7, 11) is 0. The van der Waals surface area contributed by atoms with Gasteiger partial charge < -0.3 is 14.5 Å². The second-order valence-corrected chi connectivity index (χ2v) is 9.49. The first kappa shape index (κ1) is 23.8. The van der Waals surface area contributed by atoms with Gasteiger partial charge in [0.25, 0.3) is 0 Å². The Morgan fingerprint density at radius 1 is 1.03 bits per heavy atom. The van der Waals surface area contributed by atoms with E-state index in [1.807, 2.05) is 26.8 Å². The second kappa shape index (κ2) is 9.33. The maximum absolute atomic E-state index is 12.8. The van der Waals surface area contributed by atoms with Crippen LogP contribution >= 0.6 is 11.8 Å². The summed E-state index contributed by atoms with van der Waals surface area (Å²) in [6.45, 7) is 7.59. The number of carbonyl (C=O) groups is 1. The monoisotopic (exact) mass is 463 g/mol. The lowest BCUT2D eigenvalue weighted by Gasteiger charge is -2.37. The van der Waals surface area contributed by atoms with Crippen LogP contribution in [0.15, 0.2) is 52.3 Å². The van der Waals surface area contributed by atoms with Crippen molar-refractivity contribution in [1.82, 2.24) is 4.90 Å². The molecule has 9 heteroatoms. The molecule has 2 aromatic carbocycles. The molecule has 1 aliphatic rings. The molecule has 0 atom stereocenters. The molecule has 3 rings (SSSR count). The van der Waals surface area contributed by atoms with Crippen LogP contribution in [0.25, 0.3) is 0 Å². The Morgan fingerprint density at radius 2 is 1.66 bits per heavy atom. The molecule has 0 bridgehead atoms. The molecule has 1 aliphatic heterocycles. The Labute approximate surface area is 189 Å². The molecule has 0 N–H and O–H groups in total. The van der Waals surface area contributed by atoms with E-state index >= 15 is 0 Å². The quantitative estimate of drug-likeness (QED) is 0.577. The van der Waals surface area contributed by atoms with Gasteiger partial charge in [0.2, 0.25) is 0 Å². The normalized spacial score (nSPS) is 14.8. The van der Waals surface area contributed by atoms with E-state index in [2.05, 4.69) is 11.0 Å². The van der Waals surface area contributed by atoms with Crippen LogP contribution in [0.4, 0.5) is 23.7 Å². The van der Waals surface area contributed by atoms with Crippen LogP contribution < -0.4 is 4.90 Å². The highest BCUT2D eigenvalue weighted by Gasteiger charge is 2.30. The SMILES string of the molecule is CC(C)(C)OC(=O)N1CCN(c2ccc(C#N)cc2Sc2ccc(C(F)(F)F)cc2)CC1. The molecule has 0 unspecified atom stereocenters. The molecule has 2 aromatic rings. The van der Waals surface area contributed by atoms with Crippen LogP contribution in [0, 0.1) is 11.3 Å². The zero-order chi connectivity index (χ0) is 23.5. The van der Waals surface area contributed by atoms with Crippen molar-refractivity contribution in [2.24, 2.45) is 0 Å². The topological polar surface area (TPSA) is 56.6 Å². The van der Waals surface area contributed by atoms with Crippen molar-refractivity contribution in [3.8, 4) is 6.07 Å². The number of nitriles is 1. The molecule has 0 radical (unpaired) electrons. The van der Waals surface area contributed by atoms with E-state index < -0.39 is 17.3 Å². The number of halogens is 3. The molecule has 0 saturated carbocycles. The van der Waals surface area contributed by atoms with E-state index in [9.17, 15) is 23.2 Å². The fraction of sp³-hybridized carbons (Fsp3) is 0.391. The van der Waals surface area contributed by atoms with Gasteiger partial charge in [-0.2, -0.15) is 18.4 Å². The third kappa shape index (κ3) is 6.10. The zero-order valence-corrected chi connectivity index (χ0v) is 18.9. The predicted molar refractivity (Wildman–Crippen MR) is 117 cm³/mol. The lowest BCUT2D eigenvalue weighted by atomic mass is 10.2. The van der Waals surface area contributed by atoms with Crippen molar-refractivity contribution in [1.29, 1.82) is 5.26 Å². The number of hydrogen-bond donors (Lipinski definition) is 0. The summed E-state index contributed by atoms with van der Waals surface area (Å²) in [5, 5.41) is 9.29.